The molecule has 1 heterocycles. The average Bonchev–Trinajstić information content (AvgIpc) is 3.13. The van der Waals surface area contributed by atoms with Crippen LogP contribution in [0.15, 0.2) is 53.7 Å². The standard InChI is InChI=1S/C19H23NO4/c1-5-7-15-9-10-17(18(12-15)22-4)24-13-19(21)20(3)14(2)16-8-6-11-23-16/h5-6,8-12,14H,1,7,13H2,2-4H3. The quantitative estimate of drug-likeness (QED) is 0.694. The fourth-order valence-corrected chi connectivity index (χ4v) is 2.30. The Kier molecular flexibility index (Phi) is 6.07. The monoisotopic (exact) mass is 329 g/mol. The molecule has 0 saturated carbocycles. The predicted molar refractivity (Wildman–Crippen MR) is 92.3 cm³/mol. The molecule has 0 aliphatic carbocycles. The SMILES string of the molecule is C=CCc1ccc(OCC(=O)N(C)C(C)c2ccco2)c(OC)c1. The number of benzene rings is 1. The second-order valence-corrected chi connectivity index (χ2v) is 5.46. The maximum Gasteiger partial charge on any atom is 0.260 e. The Morgan fingerprint density at radius 1 is 1.38 bits per heavy atom. The van der Waals surface area contributed by atoms with Gasteiger partial charge in [0.1, 0.15) is 5.76 Å². The molecule has 1 aromatic heterocycles. The lowest BCUT2D eigenvalue weighted by Crippen LogP contribution is -2.33. The number of hydrogen-bond donors (Lipinski definition) is 0. The number of nitrogens with zero attached hydrogens (tertiary/aromatic N) is 1. The molecule has 1 aromatic carbocycles. The van der Waals surface area contributed by atoms with Gasteiger partial charge in [0.05, 0.1) is 19.4 Å². The van der Waals surface area contributed by atoms with Crippen molar-refractivity contribution in [3.63, 3.8) is 0 Å². The molecule has 5 heteroatoms. The average molecular weight is 329 g/mol. The molecule has 2 aromatic rings. The van der Waals surface area contributed by atoms with Crippen molar-refractivity contribution < 1.29 is 18.7 Å². The molecule has 1 amide bonds. The highest BCUT2D eigenvalue weighted by Gasteiger charge is 2.20. The number of furan rings is 1. The molecular weight excluding hydrogens is 306 g/mol. The summed E-state index contributed by atoms with van der Waals surface area (Å²) in [7, 11) is 3.30. The summed E-state index contributed by atoms with van der Waals surface area (Å²) in [5, 5.41) is 0. The molecule has 0 bridgehead atoms. The largest absolute Gasteiger partial charge is 0.493 e. The molecule has 24 heavy (non-hydrogen) atoms. The van der Waals surface area contributed by atoms with E-state index in [1.54, 1.807) is 37.5 Å². The Labute approximate surface area is 142 Å². The van der Waals surface area contributed by atoms with Gasteiger partial charge in [-0.15, -0.1) is 6.58 Å². The highest BCUT2D eigenvalue weighted by Crippen LogP contribution is 2.28. The summed E-state index contributed by atoms with van der Waals surface area (Å²) in [5.41, 5.74) is 1.07. The predicted octanol–water partition coefficient (Wildman–Crippen LogP) is 3.62. The molecule has 5 nitrogen and oxygen atoms in total. The van der Waals surface area contributed by atoms with Crippen LogP contribution in [-0.4, -0.2) is 31.6 Å². The summed E-state index contributed by atoms with van der Waals surface area (Å²) < 4.78 is 16.3. The highest BCUT2D eigenvalue weighted by molar-refractivity contribution is 5.78. The Balaban J connectivity index is 1.99. The van der Waals surface area contributed by atoms with Gasteiger partial charge in [-0.25, -0.2) is 0 Å². The van der Waals surface area contributed by atoms with E-state index in [-0.39, 0.29) is 18.6 Å². The van der Waals surface area contributed by atoms with Gasteiger partial charge in [-0.3, -0.25) is 4.79 Å². The molecular formula is C19H23NO4. The van der Waals surface area contributed by atoms with Crippen LogP contribution in [-0.2, 0) is 11.2 Å². The van der Waals surface area contributed by atoms with E-state index in [4.69, 9.17) is 13.9 Å². The Bertz CT molecular complexity index is 679. The first-order valence-corrected chi connectivity index (χ1v) is 7.76. The van der Waals surface area contributed by atoms with Gasteiger partial charge in [-0.1, -0.05) is 12.1 Å². The number of hydrogen-bond acceptors (Lipinski definition) is 4. The molecule has 0 radical (unpaired) electrons. The lowest BCUT2D eigenvalue weighted by Gasteiger charge is -2.23. The van der Waals surface area contributed by atoms with Crippen LogP contribution >= 0.6 is 0 Å². The van der Waals surface area contributed by atoms with Crippen LogP contribution in [0.4, 0.5) is 0 Å². The number of ether oxygens (including phenoxy) is 2. The third-order valence-corrected chi connectivity index (χ3v) is 3.89. The second kappa shape index (κ2) is 8.24. The van der Waals surface area contributed by atoms with E-state index >= 15 is 0 Å². The van der Waals surface area contributed by atoms with Gasteiger partial charge in [-0.2, -0.15) is 0 Å². The van der Waals surface area contributed by atoms with Crippen LogP contribution in [0.5, 0.6) is 11.5 Å². The van der Waals surface area contributed by atoms with E-state index in [2.05, 4.69) is 6.58 Å². The smallest absolute Gasteiger partial charge is 0.260 e. The second-order valence-electron chi connectivity index (χ2n) is 5.46. The summed E-state index contributed by atoms with van der Waals surface area (Å²) in [6.45, 7) is 5.55. The molecule has 1 atom stereocenters. The molecule has 0 spiro atoms. The number of likely N-dealkylation sites (N-methyl/N-ethyl adjacent to an activating group) is 1. The van der Waals surface area contributed by atoms with Crippen LogP contribution < -0.4 is 9.47 Å². The topological polar surface area (TPSA) is 51.9 Å². The molecule has 0 aliphatic rings. The number of rotatable bonds is 8. The molecule has 2 rings (SSSR count). The maximum atomic E-state index is 12.3. The molecule has 0 saturated heterocycles. The molecule has 0 aliphatic heterocycles. The minimum atomic E-state index is -0.159. The van der Waals surface area contributed by atoms with E-state index in [9.17, 15) is 4.79 Å². The minimum absolute atomic E-state index is 0.0707. The van der Waals surface area contributed by atoms with E-state index in [1.165, 1.54) is 0 Å². The summed E-state index contributed by atoms with van der Waals surface area (Å²) in [6.07, 6.45) is 4.17. The van der Waals surface area contributed by atoms with Crippen LogP contribution in [0.3, 0.4) is 0 Å². The summed E-state index contributed by atoms with van der Waals surface area (Å²) in [6, 6.07) is 9.11. The normalized spacial score (nSPS) is 11.6. The van der Waals surface area contributed by atoms with E-state index < -0.39 is 0 Å². The van der Waals surface area contributed by atoms with Crippen LogP contribution in [0, 0.1) is 0 Å². The van der Waals surface area contributed by atoms with Gasteiger partial charge in [-0.05, 0) is 43.2 Å². The van der Waals surface area contributed by atoms with E-state index in [0.717, 1.165) is 17.7 Å². The third kappa shape index (κ3) is 4.19. The number of amides is 1. The van der Waals surface area contributed by atoms with Gasteiger partial charge in [0.25, 0.3) is 5.91 Å². The van der Waals surface area contributed by atoms with Crippen molar-refractivity contribution in [1.82, 2.24) is 4.90 Å². The third-order valence-electron chi connectivity index (χ3n) is 3.89. The lowest BCUT2D eigenvalue weighted by atomic mass is 10.1. The van der Waals surface area contributed by atoms with Crippen molar-refractivity contribution in [2.24, 2.45) is 0 Å². The summed E-state index contributed by atoms with van der Waals surface area (Å²) in [5.74, 6) is 1.73. The molecule has 128 valence electrons. The lowest BCUT2D eigenvalue weighted by molar-refractivity contribution is -0.134. The first kappa shape index (κ1) is 17.7. The molecule has 1 unspecified atom stereocenters. The van der Waals surface area contributed by atoms with E-state index in [0.29, 0.717) is 11.5 Å². The van der Waals surface area contributed by atoms with Crippen LogP contribution in [0.1, 0.15) is 24.3 Å². The number of carbonyl (C=O) groups excluding carboxylic acids is 1. The highest BCUT2D eigenvalue weighted by atomic mass is 16.5. The molecule has 0 N–H and O–H groups in total. The van der Waals surface area contributed by atoms with Crippen molar-refractivity contribution in [2.45, 2.75) is 19.4 Å². The van der Waals surface area contributed by atoms with Gasteiger partial charge in [0, 0.05) is 7.05 Å². The minimum Gasteiger partial charge on any atom is -0.493 e. The number of methoxy groups -OCH3 is 1. The Hall–Kier alpha value is -2.69. The van der Waals surface area contributed by atoms with Crippen LogP contribution in [0.2, 0.25) is 0 Å². The Morgan fingerprint density at radius 3 is 2.79 bits per heavy atom. The van der Waals surface area contributed by atoms with Gasteiger partial charge in [0.2, 0.25) is 0 Å². The zero-order valence-electron chi connectivity index (χ0n) is 14.3. The van der Waals surface area contributed by atoms with Gasteiger partial charge < -0.3 is 18.8 Å². The number of allylic oxidation sites excluding steroid dienone is 1. The van der Waals surface area contributed by atoms with Crippen molar-refractivity contribution in [2.75, 3.05) is 20.8 Å². The first-order chi connectivity index (χ1) is 11.6. The summed E-state index contributed by atoms with van der Waals surface area (Å²) >= 11 is 0. The number of carbonyl (C=O) groups is 1. The van der Waals surface area contributed by atoms with Crippen molar-refractivity contribution in [3.8, 4) is 11.5 Å². The zero-order valence-corrected chi connectivity index (χ0v) is 14.3. The van der Waals surface area contributed by atoms with Gasteiger partial charge >= 0.3 is 0 Å². The van der Waals surface area contributed by atoms with Gasteiger partial charge in [0.15, 0.2) is 18.1 Å². The zero-order chi connectivity index (χ0) is 17.5. The maximum absolute atomic E-state index is 12.3. The van der Waals surface area contributed by atoms with Crippen LogP contribution in [0.25, 0.3) is 0 Å². The molecule has 0 fully saturated rings. The van der Waals surface area contributed by atoms with Crippen molar-refractivity contribution in [3.05, 3.63) is 60.6 Å². The van der Waals surface area contributed by atoms with Crippen molar-refractivity contribution in [1.29, 1.82) is 0 Å². The first-order valence-electron chi connectivity index (χ1n) is 7.76. The summed E-state index contributed by atoms with van der Waals surface area (Å²) in [4.78, 5) is 13.9. The fraction of sp³-hybridized carbons (Fsp3) is 0.316. The fourth-order valence-electron chi connectivity index (χ4n) is 2.30. The van der Waals surface area contributed by atoms with E-state index in [1.807, 2.05) is 31.2 Å². The van der Waals surface area contributed by atoms with Crippen molar-refractivity contribution >= 4 is 5.91 Å². The Morgan fingerprint density at radius 2 is 2.17 bits per heavy atom.